The molecule has 0 saturated heterocycles. The molecule has 0 radical (unpaired) electrons. The molecule has 0 saturated carbocycles. The number of nitrogens with two attached hydrogens (primary N) is 1. The molecule has 0 aromatic carbocycles. The number of anilines is 1. The molecule has 2 N–H and O–H groups in total. The molecule has 6 heteroatoms. The second-order valence-corrected chi connectivity index (χ2v) is 5.52. The van der Waals surface area contributed by atoms with Crippen LogP contribution >= 0.6 is 11.8 Å². The number of nitrogen functional groups attached to an aromatic ring is 1. The van der Waals surface area contributed by atoms with Crippen LogP contribution in [0.3, 0.4) is 0 Å². The number of ether oxygens (including phenoxy) is 3. The summed E-state index contributed by atoms with van der Waals surface area (Å²) >= 11 is 1.60. The number of unbranched alkanes of at least 4 members (excludes halogenated alkanes) is 1. The molecule has 0 spiro atoms. The molecule has 1 rings (SSSR count). The molecule has 0 bridgehead atoms. The van der Waals surface area contributed by atoms with Gasteiger partial charge in [-0.05, 0) is 18.6 Å². The summed E-state index contributed by atoms with van der Waals surface area (Å²) in [6.07, 6.45) is 4.02. The first-order valence-electron chi connectivity index (χ1n) is 7.41. The lowest BCUT2D eigenvalue weighted by molar-refractivity contribution is 0.0169. The Morgan fingerprint density at radius 3 is 2.38 bits per heavy atom. The van der Waals surface area contributed by atoms with Crippen LogP contribution in [0.15, 0.2) is 23.4 Å². The van der Waals surface area contributed by atoms with E-state index in [9.17, 15) is 0 Å². The predicted octanol–water partition coefficient (Wildman–Crippen LogP) is 2.61. The quantitative estimate of drug-likeness (QED) is 0.446. The zero-order valence-corrected chi connectivity index (χ0v) is 13.6. The van der Waals surface area contributed by atoms with Crippen LogP contribution in [-0.4, -0.2) is 50.4 Å². The van der Waals surface area contributed by atoms with Crippen LogP contribution < -0.4 is 5.73 Å². The van der Waals surface area contributed by atoms with E-state index in [0.29, 0.717) is 38.7 Å². The zero-order chi connectivity index (χ0) is 15.2. The Kier molecular flexibility index (Phi) is 11.2. The smallest absolute Gasteiger partial charge is 0.119 e. The van der Waals surface area contributed by atoms with Crippen LogP contribution in [0.25, 0.3) is 0 Å². The molecule has 1 aromatic rings. The number of aromatic nitrogens is 1. The third kappa shape index (κ3) is 9.68. The fourth-order valence-electron chi connectivity index (χ4n) is 1.51. The van der Waals surface area contributed by atoms with Gasteiger partial charge in [0.05, 0.1) is 38.7 Å². The van der Waals surface area contributed by atoms with Crippen molar-refractivity contribution in [2.75, 3.05) is 51.1 Å². The highest BCUT2D eigenvalue weighted by Gasteiger charge is 1.99. The first-order chi connectivity index (χ1) is 10.3. The lowest BCUT2D eigenvalue weighted by Crippen LogP contribution is -2.10. The third-order valence-corrected chi connectivity index (χ3v) is 3.64. The summed E-state index contributed by atoms with van der Waals surface area (Å²) < 4.78 is 16.3. The fourth-order valence-corrected chi connectivity index (χ4v) is 2.27. The van der Waals surface area contributed by atoms with E-state index in [4.69, 9.17) is 19.9 Å². The van der Waals surface area contributed by atoms with E-state index < -0.39 is 0 Å². The summed E-state index contributed by atoms with van der Waals surface area (Å²) in [5.41, 5.74) is 6.52. The summed E-state index contributed by atoms with van der Waals surface area (Å²) in [4.78, 5) is 4.21. The highest BCUT2D eigenvalue weighted by Crippen LogP contribution is 2.20. The van der Waals surface area contributed by atoms with Gasteiger partial charge in [-0.25, -0.2) is 4.98 Å². The van der Waals surface area contributed by atoms with Gasteiger partial charge in [0.25, 0.3) is 0 Å². The number of hydrogen-bond donors (Lipinski definition) is 1. The Labute approximate surface area is 131 Å². The van der Waals surface area contributed by atoms with Crippen molar-refractivity contribution in [2.24, 2.45) is 0 Å². The maximum absolute atomic E-state index is 5.80. The number of hydrogen-bond acceptors (Lipinski definition) is 6. The van der Waals surface area contributed by atoms with Gasteiger partial charge in [0.1, 0.15) is 5.03 Å². The Hall–Kier alpha value is -0.820. The number of nitrogens with zero attached hydrogens (tertiary/aromatic N) is 1. The molecule has 1 aromatic heterocycles. The summed E-state index contributed by atoms with van der Waals surface area (Å²) in [7, 11) is 0. The Morgan fingerprint density at radius 1 is 1.05 bits per heavy atom. The predicted molar refractivity (Wildman–Crippen MR) is 86.7 cm³/mol. The minimum atomic E-state index is 0.604. The molecular formula is C15H26N2O3S. The average molecular weight is 314 g/mol. The number of rotatable bonds is 13. The van der Waals surface area contributed by atoms with Crippen LogP contribution in [0.5, 0.6) is 0 Å². The van der Waals surface area contributed by atoms with E-state index in [0.717, 1.165) is 30.2 Å². The minimum absolute atomic E-state index is 0.604. The fraction of sp³-hybridized carbons (Fsp3) is 0.667. The molecule has 120 valence electrons. The van der Waals surface area contributed by atoms with E-state index in [1.807, 2.05) is 12.1 Å². The van der Waals surface area contributed by atoms with Gasteiger partial charge in [0, 0.05) is 18.6 Å². The van der Waals surface area contributed by atoms with Crippen LogP contribution in [-0.2, 0) is 14.2 Å². The van der Waals surface area contributed by atoms with Gasteiger partial charge in [-0.3, -0.25) is 0 Å². The SMILES string of the molecule is CCCCOCCOCCOCCSc1ncccc1N. The van der Waals surface area contributed by atoms with Crippen molar-refractivity contribution in [3.63, 3.8) is 0 Å². The third-order valence-electron chi connectivity index (χ3n) is 2.65. The first-order valence-corrected chi connectivity index (χ1v) is 8.39. The molecule has 0 amide bonds. The molecule has 21 heavy (non-hydrogen) atoms. The van der Waals surface area contributed by atoms with Gasteiger partial charge in [-0.2, -0.15) is 0 Å². The van der Waals surface area contributed by atoms with Crippen LogP contribution in [0.4, 0.5) is 5.69 Å². The van der Waals surface area contributed by atoms with Gasteiger partial charge >= 0.3 is 0 Å². The molecule has 0 fully saturated rings. The summed E-state index contributed by atoms with van der Waals surface area (Å²) in [6.45, 7) is 6.14. The number of pyridine rings is 1. The van der Waals surface area contributed by atoms with Crippen molar-refractivity contribution < 1.29 is 14.2 Å². The monoisotopic (exact) mass is 314 g/mol. The van der Waals surface area contributed by atoms with Crippen LogP contribution in [0.2, 0.25) is 0 Å². The maximum Gasteiger partial charge on any atom is 0.119 e. The lowest BCUT2D eigenvalue weighted by Gasteiger charge is -2.07. The Bertz CT molecular complexity index is 367. The Morgan fingerprint density at radius 2 is 1.71 bits per heavy atom. The van der Waals surface area contributed by atoms with E-state index in [-0.39, 0.29) is 0 Å². The minimum Gasteiger partial charge on any atom is -0.397 e. The van der Waals surface area contributed by atoms with Crippen molar-refractivity contribution in [2.45, 2.75) is 24.8 Å². The van der Waals surface area contributed by atoms with E-state index in [2.05, 4.69) is 11.9 Å². The number of thioether (sulfide) groups is 1. The van der Waals surface area contributed by atoms with Gasteiger partial charge < -0.3 is 19.9 Å². The van der Waals surface area contributed by atoms with Crippen molar-refractivity contribution in [3.8, 4) is 0 Å². The molecule has 0 aliphatic heterocycles. The first kappa shape index (κ1) is 18.2. The largest absolute Gasteiger partial charge is 0.397 e. The molecule has 0 unspecified atom stereocenters. The zero-order valence-electron chi connectivity index (χ0n) is 12.8. The Balaban J connectivity index is 1.84. The lowest BCUT2D eigenvalue weighted by atomic mass is 10.4. The van der Waals surface area contributed by atoms with Gasteiger partial charge in [0.15, 0.2) is 0 Å². The standard InChI is InChI=1S/C15H26N2O3S/c1-2-3-7-18-8-9-19-10-11-20-12-13-21-15-14(16)5-4-6-17-15/h4-6H,2-3,7-13,16H2,1H3. The normalized spacial score (nSPS) is 10.9. The maximum atomic E-state index is 5.80. The molecule has 0 aliphatic rings. The molecule has 0 aliphatic carbocycles. The molecule has 0 atom stereocenters. The van der Waals surface area contributed by atoms with Gasteiger partial charge in [0.2, 0.25) is 0 Å². The second kappa shape index (κ2) is 12.9. The van der Waals surface area contributed by atoms with Crippen molar-refractivity contribution in [3.05, 3.63) is 18.3 Å². The van der Waals surface area contributed by atoms with E-state index >= 15 is 0 Å². The van der Waals surface area contributed by atoms with Crippen molar-refractivity contribution in [1.29, 1.82) is 0 Å². The van der Waals surface area contributed by atoms with Crippen LogP contribution in [0, 0.1) is 0 Å². The average Bonchev–Trinajstić information content (AvgIpc) is 2.50. The second-order valence-electron chi connectivity index (χ2n) is 4.44. The summed E-state index contributed by atoms with van der Waals surface area (Å²) in [5, 5.41) is 0.863. The molecule has 5 nitrogen and oxygen atoms in total. The van der Waals surface area contributed by atoms with Crippen LogP contribution in [0.1, 0.15) is 19.8 Å². The van der Waals surface area contributed by atoms with Crippen molar-refractivity contribution >= 4 is 17.4 Å². The van der Waals surface area contributed by atoms with E-state index in [1.165, 1.54) is 0 Å². The molecular weight excluding hydrogens is 288 g/mol. The highest BCUT2D eigenvalue weighted by atomic mass is 32.2. The van der Waals surface area contributed by atoms with Gasteiger partial charge in [-0.1, -0.05) is 13.3 Å². The van der Waals surface area contributed by atoms with Gasteiger partial charge in [-0.15, -0.1) is 11.8 Å². The summed E-state index contributed by atoms with van der Waals surface area (Å²) in [6, 6.07) is 3.69. The highest BCUT2D eigenvalue weighted by molar-refractivity contribution is 7.99. The van der Waals surface area contributed by atoms with E-state index in [1.54, 1.807) is 18.0 Å². The molecule has 1 heterocycles. The summed E-state index contributed by atoms with van der Waals surface area (Å²) in [5.74, 6) is 0.835. The van der Waals surface area contributed by atoms with Crippen molar-refractivity contribution in [1.82, 2.24) is 4.98 Å². The topological polar surface area (TPSA) is 66.6 Å².